The molecule has 6 heteroatoms. The van der Waals surface area contributed by atoms with E-state index in [0.29, 0.717) is 4.70 Å². The number of nitrogen functional groups attached to an aromatic ring is 1. The molecule has 1 aromatic heterocycles. The van der Waals surface area contributed by atoms with E-state index in [-0.39, 0.29) is 16.8 Å². The van der Waals surface area contributed by atoms with Gasteiger partial charge in [0.05, 0.1) is 4.92 Å². The lowest BCUT2D eigenvalue weighted by Crippen LogP contribution is -1.94. The molecule has 0 spiro atoms. The van der Waals surface area contributed by atoms with Gasteiger partial charge in [0, 0.05) is 21.5 Å². The summed E-state index contributed by atoms with van der Waals surface area (Å²) < 4.78 is 13.7. The molecule has 72 valence electrons. The molecule has 0 atom stereocenters. The first kappa shape index (κ1) is 8.89. The van der Waals surface area contributed by atoms with Crippen molar-refractivity contribution in [2.75, 3.05) is 5.73 Å². The minimum Gasteiger partial charge on any atom is -0.393 e. The average molecular weight is 212 g/mol. The van der Waals surface area contributed by atoms with Crippen LogP contribution in [0, 0.1) is 15.9 Å². The lowest BCUT2D eigenvalue weighted by Gasteiger charge is -1.96. The number of hydrogen-bond donors (Lipinski definition) is 1. The summed E-state index contributed by atoms with van der Waals surface area (Å²) in [6.45, 7) is 0. The zero-order valence-corrected chi connectivity index (χ0v) is 7.68. The van der Waals surface area contributed by atoms with E-state index in [2.05, 4.69) is 0 Å². The highest BCUT2D eigenvalue weighted by Gasteiger charge is 2.15. The maximum Gasteiger partial charge on any atom is 0.292 e. The monoisotopic (exact) mass is 212 g/mol. The van der Waals surface area contributed by atoms with Gasteiger partial charge in [0.25, 0.3) is 5.69 Å². The van der Waals surface area contributed by atoms with Gasteiger partial charge in [-0.1, -0.05) is 0 Å². The highest BCUT2D eigenvalue weighted by Crippen LogP contribution is 2.32. The Morgan fingerprint density at radius 2 is 2.21 bits per heavy atom. The molecular formula is C8H5FN2O2S. The number of anilines is 1. The molecule has 1 heterocycles. The minimum absolute atomic E-state index is 0.0596. The van der Waals surface area contributed by atoms with Gasteiger partial charge in [-0.2, -0.15) is 0 Å². The van der Waals surface area contributed by atoms with Gasteiger partial charge in [0.2, 0.25) is 0 Å². The maximum atomic E-state index is 13.1. The van der Waals surface area contributed by atoms with E-state index in [1.54, 1.807) is 0 Å². The Balaban J connectivity index is 2.80. The molecular weight excluding hydrogens is 207 g/mol. The number of thiophene rings is 1. The summed E-state index contributed by atoms with van der Waals surface area (Å²) in [5.74, 6) is -0.451. The Bertz CT molecular complexity index is 523. The van der Waals surface area contributed by atoms with Crippen molar-refractivity contribution in [3.05, 3.63) is 33.4 Å². The van der Waals surface area contributed by atoms with E-state index in [4.69, 9.17) is 5.73 Å². The van der Waals surface area contributed by atoms with Crippen LogP contribution in [-0.4, -0.2) is 4.92 Å². The second kappa shape index (κ2) is 2.91. The third kappa shape index (κ3) is 1.20. The number of nitro groups is 1. The van der Waals surface area contributed by atoms with Crippen molar-refractivity contribution in [2.24, 2.45) is 0 Å². The predicted octanol–water partition coefficient (Wildman–Crippen LogP) is 2.53. The molecule has 0 saturated carbocycles. The standard InChI is InChI=1S/C8H5FN2O2S/c9-5-3-14-8-2-6(10)7(11(12)13)1-4(5)8/h1-3H,10H2. The molecule has 2 aromatic rings. The van der Waals surface area contributed by atoms with Crippen LogP contribution in [0.25, 0.3) is 10.1 Å². The van der Waals surface area contributed by atoms with Gasteiger partial charge in [0.1, 0.15) is 11.5 Å². The third-order valence-corrected chi connectivity index (χ3v) is 2.79. The van der Waals surface area contributed by atoms with Crippen LogP contribution in [0.4, 0.5) is 15.8 Å². The Labute approximate surface area is 81.9 Å². The predicted molar refractivity (Wildman–Crippen MR) is 52.8 cm³/mol. The van der Waals surface area contributed by atoms with Crippen molar-refractivity contribution in [1.29, 1.82) is 0 Å². The van der Waals surface area contributed by atoms with Gasteiger partial charge in [0.15, 0.2) is 0 Å². The van der Waals surface area contributed by atoms with Crippen LogP contribution >= 0.6 is 11.3 Å². The molecule has 4 nitrogen and oxygen atoms in total. The van der Waals surface area contributed by atoms with Gasteiger partial charge in [-0.25, -0.2) is 4.39 Å². The van der Waals surface area contributed by atoms with Gasteiger partial charge in [-0.05, 0) is 6.07 Å². The lowest BCUT2D eigenvalue weighted by atomic mass is 10.2. The molecule has 0 aliphatic heterocycles. The van der Waals surface area contributed by atoms with Crippen molar-refractivity contribution >= 4 is 32.8 Å². The summed E-state index contributed by atoms with van der Waals surface area (Å²) in [4.78, 5) is 9.89. The number of nitrogens with two attached hydrogens (primary N) is 1. The fraction of sp³-hybridized carbons (Fsp3) is 0. The molecule has 2 N–H and O–H groups in total. The summed E-state index contributed by atoms with van der Waals surface area (Å²) in [5, 5.41) is 12.1. The Morgan fingerprint density at radius 1 is 1.50 bits per heavy atom. The number of nitrogens with zero attached hydrogens (tertiary/aromatic N) is 1. The van der Waals surface area contributed by atoms with E-state index < -0.39 is 10.7 Å². The van der Waals surface area contributed by atoms with Crippen LogP contribution in [0.3, 0.4) is 0 Å². The average Bonchev–Trinajstić information content (AvgIpc) is 2.46. The van der Waals surface area contributed by atoms with Crippen LogP contribution in [0.1, 0.15) is 0 Å². The lowest BCUT2D eigenvalue weighted by molar-refractivity contribution is -0.383. The summed E-state index contributed by atoms with van der Waals surface area (Å²) in [5.41, 5.74) is 5.24. The van der Waals surface area contributed by atoms with Crippen molar-refractivity contribution < 1.29 is 9.31 Å². The van der Waals surface area contributed by atoms with Gasteiger partial charge in [-0.15, -0.1) is 11.3 Å². The van der Waals surface area contributed by atoms with Crippen molar-refractivity contribution in [2.45, 2.75) is 0 Å². The molecule has 14 heavy (non-hydrogen) atoms. The zero-order valence-electron chi connectivity index (χ0n) is 6.86. The molecule has 0 radical (unpaired) electrons. The van der Waals surface area contributed by atoms with E-state index in [1.165, 1.54) is 22.8 Å². The van der Waals surface area contributed by atoms with Gasteiger partial charge < -0.3 is 5.73 Å². The van der Waals surface area contributed by atoms with Crippen molar-refractivity contribution in [1.82, 2.24) is 0 Å². The molecule has 0 fully saturated rings. The first-order valence-corrected chi connectivity index (χ1v) is 4.58. The fourth-order valence-electron chi connectivity index (χ4n) is 1.21. The Kier molecular flexibility index (Phi) is 1.85. The van der Waals surface area contributed by atoms with Crippen LogP contribution in [0.2, 0.25) is 0 Å². The van der Waals surface area contributed by atoms with Crippen LogP contribution in [0.15, 0.2) is 17.5 Å². The SMILES string of the molecule is Nc1cc2scc(F)c2cc1[N+](=O)[O-]. The van der Waals surface area contributed by atoms with E-state index in [0.717, 1.165) is 6.07 Å². The molecule has 0 bridgehead atoms. The van der Waals surface area contributed by atoms with E-state index >= 15 is 0 Å². The molecule has 2 rings (SSSR count). The summed E-state index contributed by atoms with van der Waals surface area (Å²) >= 11 is 1.17. The molecule has 0 saturated heterocycles. The first-order valence-electron chi connectivity index (χ1n) is 3.70. The minimum atomic E-state index is -0.619. The van der Waals surface area contributed by atoms with Crippen molar-refractivity contribution in [3.8, 4) is 0 Å². The quantitative estimate of drug-likeness (QED) is 0.448. The second-order valence-corrected chi connectivity index (χ2v) is 3.66. The van der Waals surface area contributed by atoms with Crippen LogP contribution < -0.4 is 5.73 Å². The fourth-order valence-corrected chi connectivity index (χ4v) is 2.04. The van der Waals surface area contributed by atoms with Gasteiger partial charge >= 0.3 is 0 Å². The Hall–Kier alpha value is -1.69. The largest absolute Gasteiger partial charge is 0.393 e. The number of hydrogen-bond acceptors (Lipinski definition) is 4. The second-order valence-electron chi connectivity index (χ2n) is 2.75. The van der Waals surface area contributed by atoms with E-state index in [1.807, 2.05) is 0 Å². The number of halogens is 1. The van der Waals surface area contributed by atoms with Crippen LogP contribution in [0.5, 0.6) is 0 Å². The van der Waals surface area contributed by atoms with Gasteiger partial charge in [-0.3, -0.25) is 10.1 Å². The summed E-state index contributed by atoms with van der Waals surface area (Å²) in [6, 6.07) is 2.58. The third-order valence-electron chi connectivity index (χ3n) is 1.87. The zero-order chi connectivity index (χ0) is 10.3. The maximum absolute atomic E-state index is 13.1. The molecule has 0 amide bonds. The smallest absolute Gasteiger partial charge is 0.292 e. The topological polar surface area (TPSA) is 69.2 Å². The normalized spacial score (nSPS) is 10.6. The Morgan fingerprint density at radius 3 is 2.86 bits per heavy atom. The number of benzene rings is 1. The summed E-state index contributed by atoms with van der Waals surface area (Å²) in [7, 11) is 0. The highest BCUT2D eigenvalue weighted by molar-refractivity contribution is 7.17. The number of fused-ring (bicyclic) bond motifs is 1. The molecule has 1 aromatic carbocycles. The number of rotatable bonds is 1. The summed E-state index contributed by atoms with van der Waals surface area (Å²) in [6.07, 6.45) is 0. The van der Waals surface area contributed by atoms with E-state index in [9.17, 15) is 14.5 Å². The number of nitro benzene ring substituents is 1. The van der Waals surface area contributed by atoms with Crippen molar-refractivity contribution in [3.63, 3.8) is 0 Å². The first-order chi connectivity index (χ1) is 6.59. The van der Waals surface area contributed by atoms with Crippen LogP contribution in [-0.2, 0) is 0 Å². The highest BCUT2D eigenvalue weighted by atomic mass is 32.1. The molecule has 0 aliphatic rings. The molecule has 0 aliphatic carbocycles. The molecule has 0 unspecified atom stereocenters.